The molecule has 3 N–H and O–H groups in total. The van der Waals surface area contributed by atoms with Gasteiger partial charge in [-0.3, -0.25) is 4.79 Å². The quantitative estimate of drug-likeness (QED) is 0.675. The largest absolute Gasteiger partial charge is 0.480 e. The van der Waals surface area contributed by atoms with Crippen molar-refractivity contribution in [3.8, 4) is 0 Å². The predicted octanol–water partition coefficient (Wildman–Crippen LogP) is 0.633. The number of amides is 2. The highest BCUT2D eigenvalue weighted by Gasteiger charge is 2.36. The van der Waals surface area contributed by atoms with Crippen LogP contribution in [0.1, 0.15) is 32.6 Å². The van der Waals surface area contributed by atoms with Gasteiger partial charge < -0.3 is 20.6 Å². The minimum Gasteiger partial charge on any atom is -0.480 e. The fraction of sp³-hybridized carbons (Fsp3) is 0.833. The second-order valence-electron chi connectivity index (χ2n) is 5.21. The molecule has 0 saturated heterocycles. The van der Waals surface area contributed by atoms with E-state index < -0.39 is 18.0 Å². The number of carboxylic acids is 1. The molecular weight excluding hydrogens is 234 g/mol. The predicted molar refractivity (Wildman–Crippen MR) is 68.5 cm³/mol. The van der Waals surface area contributed by atoms with Crippen LogP contribution in [0.2, 0.25) is 0 Å². The van der Waals surface area contributed by atoms with E-state index >= 15 is 0 Å². The van der Waals surface area contributed by atoms with Crippen molar-refractivity contribution in [1.82, 2.24) is 15.5 Å². The van der Waals surface area contributed by atoms with Crippen molar-refractivity contribution >= 4 is 12.0 Å². The van der Waals surface area contributed by atoms with Gasteiger partial charge in [-0.25, -0.2) is 4.79 Å². The summed E-state index contributed by atoms with van der Waals surface area (Å²) in [6.07, 6.45) is 4.48. The van der Waals surface area contributed by atoms with E-state index in [9.17, 15) is 9.59 Å². The van der Waals surface area contributed by atoms with Crippen LogP contribution in [-0.4, -0.2) is 54.2 Å². The number of carbonyl (C=O) groups is 2. The van der Waals surface area contributed by atoms with Crippen molar-refractivity contribution in [3.05, 3.63) is 0 Å². The molecule has 0 aromatic carbocycles. The first-order valence-corrected chi connectivity index (χ1v) is 6.32. The number of rotatable bonds is 5. The Hall–Kier alpha value is -1.30. The zero-order valence-corrected chi connectivity index (χ0v) is 11.3. The fourth-order valence-corrected chi connectivity index (χ4v) is 2.37. The lowest BCUT2D eigenvalue weighted by Crippen LogP contribution is -2.54. The van der Waals surface area contributed by atoms with Gasteiger partial charge in [0, 0.05) is 12.1 Å². The van der Waals surface area contributed by atoms with Crippen LogP contribution in [0.4, 0.5) is 4.79 Å². The molecule has 1 rings (SSSR count). The smallest absolute Gasteiger partial charge is 0.325 e. The highest BCUT2D eigenvalue weighted by Crippen LogP contribution is 2.32. The van der Waals surface area contributed by atoms with E-state index in [0.717, 1.165) is 12.8 Å². The van der Waals surface area contributed by atoms with Gasteiger partial charge in [-0.2, -0.15) is 0 Å². The number of carbonyl (C=O) groups excluding carboxylic acids is 1. The lowest BCUT2D eigenvalue weighted by atomic mass is 9.96. The molecule has 0 aromatic rings. The van der Waals surface area contributed by atoms with Gasteiger partial charge in [-0.15, -0.1) is 0 Å². The van der Waals surface area contributed by atoms with Crippen molar-refractivity contribution < 1.29 is 14.7 Å². The number of nitrogens with one attached hydrogen (secondary N) is 2. The lowest BCUT2D eigenvalue weighted by molar-refractivity contribution is -0.138. The van der Waals surface area contributed by atoms with Crippen molar-refractivity contribution in [2.75, 3.05) is 20.6 Å². The number of likely N-dealkylation sites (N-methyl/N-ethyl adjacent to an activating group) is 1. The van der Waals surface area contributed by atoms with Crippen molar-refractivity contribution in [1.29, 1.82) is 0 Å². The average molecular weight is 257 g/mol. The second-order valence-corrected chi connectivity index (χ2v) is 5.21. The molecule has 1 atom stereocenters. The van der Waals surface area contributed by atoms with E-state index in [1.807, 2.05) is 14.1 Å². The molecule has 104 valence electrons. The Morgan fingerprint density at radius 1 is 1.33 bits per heavy atom. The van der Waals surface area contributed by atoms with Gasteiger partial charge in [0.2, 0.25) is 0 Å². The zero-order chi connectivity index (χ0) is 13.8. The Balaban J connectivity index is 2.43. The van der Waals surface area contributed by atoms with Gasteiger partial charge in [0.1, 0.15) is 6.04 Å². The van der Waals surface area contributed by atoms with Gasteiger partial charge in [0.15, 0.2) is 0 Å². The van der Waals surface area contributed by atoms with Crippen LogP contribution in [0.25, 0.3) is 0 Å². The minimum absolute atomic E-state index is 0.0177. The molecule has 0 aromatic heterocycles. The molecule has 0 spiro atoms. The van der Waals surface area contributed by atoms with E-state index in [1.165, 1.54) is 19.8 Å². The Morgan fingerprint density at radius 2 is 1.89 bits per heavy atom. The van der Waals surface area contributed by atoms with Crippen molar-refractivity contribution in [3.63, 3.8) is 0 Å². The summed E-state index contributed by atoms with van der Waals surface area (Å²) in [5, 5.41) is 13.9. The van der Waals surface area contributed by atoms with Gasteiger partial charge in [-0.05, 0) is 33.9 Å². The molecule has 1 aliphatic carbocycles. The van der Waals surface area contributed by atoms with Gasteiger partial charge in [0.05, 0.1) is 0 Å². The number of urea groups is 1. The third-order valence-electron chi connectivity index (χ3n) is 3.78. The number of hydrogen-bond donors (Lipinski definition) is 3. The number of carboxylic acid groups (broad SMARTS) is 1. The zero-order valence-electron chi connectivity index (χ0n) is 11.3. The maximum absolute atomic E-state index is 11.6. The van der Waals surface area contributed by atoms with E-state index in [-0.39, 0.29) is 5.54 Å². The Bertz CT molecular complexity index is 312. The van der Waals surface area contributed by atoms with Crippen LogP contribution >= 0.6 is 0 Å². The standard InChI is InChI=1S/C12H23N3O3/c1-9(10(16)17)14-11(18)13-8-12(15(2)3)6-4-5-7-12/h9H,4-8H2,1-3H3,(H,16,17)(H2,13,14,18)/t9-/m0/s1. The molecule has 0 bridgehead atoms. The molecule has 2 amide bonds. The molecule has 18 heavy (non-hydrogen) atoms. The molecule has 6 heteroatoms. The summed E-state index contributed by atoms with van der Waals surface area (Å²) in [7, 11) is 4.04. The molecule has 0 unspecified atom stereocenters. The van der Waals surface area contributed by atoms with E-state index in [0.29, 0.717) is 6.54 Å². The number of aliphatic carboxylic acids is 1. The summed E-state index contributed by atoms with van der Waals surface area (Å²) < 4.78 is 0. The van der Waals surface area contributed by atoms with E-state index in [2.05, 4.69) is 15.5 Å². The third kappa shape index (κ3) is 3.60. The molecule has 0 aliphatic heterocycles. The molecule has 1 aliphatic rings. The fourth-order valence-electron chi connectivity index (χ4n) is 2.37. The average Bonchev–Trinajstić information content (AvgIpc) is 2.76. The molecule has 6 nitrogen and oxygen atoms in total. The normalized spacial score (nSPS) is 19.6. The first kappa shape index (κ1) is 14.8. The van der Waals surface area contributed by atoms with E-state index in [1.54, 1.807) is 0 Å². The van der Waals surface area contributed by atoms with E-state index in [4.69, 9.17) is 5.11 Å². The number of hydrogen-bond acceptors (Lipinski definition) is 3. The van der Waals surface area contributed by atoms with Crippen LogP contribution in [0.3, 0.4) is 0 Å². The van der Waals surface area contributed by atoms with Crippen LogP contribution in [0, 0.1) is 0 Å². The number of nitrogens with zero attached hydrogens (tertiary/aromatic N) is 1. The highest BCUT2D eigenvalue weighted by atomic mass is 16.4. The summed E-state index contributed by atoms with van der Waals surface area (Å²) in [5.41, 5.74) is 0.0177. The van der Waals surface area contributed by atoms with Crippen molar-refractivity contribution in [2.24, 2.45) is 0 Å². The third-order valence-corrected chi connectivity index (χ3v) is 3.78. The maximum atomic E-state index is 11.6. The first-order valence-electron chi connectivity index (χ1n) is 6.32. The Morgan fingerprint density at radius 3 is 2.33 bits per heavy atom. The Kier molecular flexibility index (Phi) is 4.95. The second kappa shape index (κ2) is 6.04. The Labute approximate surface area is 108 Å². The van der Waals surface area contributed by atoms with Crippen LogP contribution in [0.5, 0.6) is 0 Å². The van der Waals surface area contributed by atoms with Crippen LogP contribution in [0.15, 0.2) is 0 Å². The van der Waals surface area contributed by atoms with Gasteiger partial charge in [-0.1, -0.05) is 12.8 Å². The molecule has 0 heterocycles. The molecule has 1 fully saturated rings. The monoisotopic (exact) mass is 257 g/mol. The van der Waals surface area contributed by atoms with Gasteiger partial charge in [0.25, 0.3) is 0 Å². The summed E-state index contributed by atoms with van der Waals surface area (Å²) in [4.78, 5) is 24.3. The van der Waals surface area contributed by atoms with Crippen LogP contribution in [-0.2, 0) is 4.79 Å². The van der Waals surface area contributed by atoms with Gasteiger partial charge >= 0.3 is 12.0 Å². The molecule has 0 radical (unpaired) electrons. The van der Waals surface area contributed by atoms with Crippen LogP contribution < -0.4 is 10.6 Å². The molecule has 1 saturated carbocycles. The topological polar surface area (TPSA) is 81.7 Å². The summed E-state index contributed by atoms with van der Waals surface area (Å²) in [5.74, 6) is -1.03. The minimum atomic E-state index is -1.03. The first-order chi connectivity index (χ1) is 8.37. The summed E-state index contributed by atoms with van der Waals surface area (Å²) in [6.45, 7) is 2.00. The van der Waals surface area contributed by atoms with Crippen molar-refractivity contribution in [2.45, 2.75) is 44.2 Å². The lowest BCUT2D eigenvalue weighted by Gasteiger charge is -2.36. The highest BCUT2D eigenvalue weighted by molar-refractivity contribution is 5.82. The molecular formula is C12H23N3O3. The maximum Gasteiger partial charge on any atom is 0.325 e. The summed E-state index contributed by atoms with van der Waals surface area (Å²) >= 11 is 0. The SMILES string of the molecule is C[C@H](NC(=O)NCC1(N(C)C)CCCC1)C(=O)O. The summed E-state index contributed by atoms with van der Waals surface area (Å²) in [6, 6.07) is -1.29.